The number of hydrogen-bond acceptors (Lipinski definition) is 2. The van der Waals surface area contributed by atoms with Gasteiger partial charge in [0.15, 0.2) is 11.6 Å². The molecule has 2 aromatic rings. The fraction of sp³-hybridized carbons (Fsp3) is 0.250. The Hall–Kier alpha value is -1.39. The highest BCUT2D eigenvalue weighted by Gasteiger charge is 2.19. The molecule has 1 atom stereocenters. The molecule has 0 saturated heterocycles. The van der Waals surface area contributed by atoms with Crippen molar-refractivity contribution < 1.29 is 9.13 Å². The summed E-state index contributed by atoms with van der Waals surface area (Å²) in [6.45, 7) is 2.75. The zero-order valence-corrected chi connectivity index (χ0v) is 13.1. The van der Waals surface area contributed by atoms with Gasteiger partial charge in [0.1, 0.15) is 0 Å². The Labute approximate surface area is 127 Å². The van der Waals surface area contributed by atoms with Crippen LogP contribution in [0.5, 0.6) is 5.75 Å². The van der Waals surface area contributed by atoms with E-state index in [4.69, 9.17) is 4.74 Å². The molecule has 0 aliphatic heterocycles. The molecule has 2 rings (SSSR count). The van der Waals surface area contributed by atoms with Crippen molar-refractivity contribution >= 4 is 15.9 Å². The molecule has 4 heteroatoms. The van der Waals surface area contributed by atoms with Gasteiger partial charge in [0, 0.05) is 10.0 Å². The van der Waals surface area contributed by atoms with E-state index >= 15 is 0 Å². The molecule has 2 nitrogen and oxygen atoms in total. The van der Waals surface area contributed by atoms with Gasteiger partial charge in [-0.05, 0) is 30.3 Å². The first-order chi connectivity index (χ1) is 9.67. The molecule has 20 heavy (non-hydrogen) atoms. The molecule has 0 aliphatic carbocycles. The lowest BCUT2D eigenvalue weighted by Gasteiger charge is -2.20. The minimum absolute atomic E-state index is 0.201. The van der Waals surface area contributed by atoms with Crippen LogP contribution < -0.4 is 10.1 Å². The number of halogens is 2. The average molecular weight is 338 g/mol. The number of ether oxygens (including phenoxy) is 1. The Morgan fingerprint density at radius 3 is 2.65 bits per heavy atom. The predicted molar refractivity (Wildman–Crippen MR) is 82.6 cm³/mol. The molecule has 0 amide bonds. The van der Waals surface area contributed by atoms with Gasteiger partial charge in [-0.3, -0.25) is 0 Å². The number of benzene rings is 2. The van der Waals surface area contributed by atoms with Crippen molar-refractivity contribution in [1.82, 2.24) is 5.32 Å². The van der Waals surface area contributed by atoms with E-state index < -0.39 is 0 Å². The number of nitrogens with one attached hydrogen (secondary N) is 1. The number of hydrogen-bond donors (Lipinski definition) is 1. The summed E-state index contributed by atoms with van der Waals surface area (Å²) < 4.78 is 20.5. The van der Waals surface area contributed by atoms with Crippen molar-refractivity contribution in [3.05, 3.63) is 63.9 Å². The molecule has 0 heterocycles. The quantitative estimate of drug-likeness (QED) is 0.878. The summed E-state index contributed by atoms with van der Waals surface area (Å²) in [6.07, 6.45) is 0. The third-order valence-corrected chi connectivity index (χ3v) is 3.61. The third-order valence-electron chi connectivity index (χ3n) is 3.11. The van der Waals surface area contributed by atoms with Crippen LogP contribution in [0, 0.1) is 5.82 Å². The normalized spacial score (nSPS) is 12.2. The fourth-order valence-corrected chi connectivity index (χ4v) is 2.62. The summed E-state index contributed by atoms with van der Waals surface area (Å²) in [7, 11) is 1.48. The van der Waals surface area contributed by atoms with E-state index in [9.17, 15) is 4.39 Å². The molecule has 2 aromatic carbocycles. The SMILES string of the molecule is CCNC(c1cccc(Br)c1)c1cccc(OC)c1F. The van der Waals surface area contributed by atoms with Crippen molar-refractivity contribution in [3.8, 4) is 5.75 Å². The number of rotatable bonds is 5. The van der Waals surface area contributed by atoms with Crippen LogP contribution in [0.3, 0.4) is 0 Å². The fourth-order valence-electron chi connectivity index (χ4n) is 2.21. The van der Waals surface area contributed by atoms with Crippen molar-refractivity contribution in [1.29, 1.82) is 0 Å². The van der Waals surface area contributed by atoms with Crippen LogP contribution in [0.2, 0.25) is 0 Å². The topological polar surface area (TPSA) is 21.3 Å². The summed E-state index contributed by atoms with van der Waals surface area (Å²) >= 11 is 3.45. The van der Waals surface area contributed by atoms with E-state index in [-0.39, 0.29) is 17.6 Å². The molecule has 106 valence electrons. The summed E-state index contributed by atoms with van der Waals surface area (Å²) in [5, 5.41) is 3.32. The van der Waals surface area contributed by atoms with Crippen molar-refractivity contribution in [2.45, 2.75) is 13.0 Å². The summed E-state index contributed by atoms with van der Waals surface area (Å²) in [5.41, 5.74) is 1.60. The van der Waals surface area contributed by atoms with Gasteiger partial charge in [-0.25, -0.2) is 4.39 Å². The van der Waals surface area contributed by atoms with Gasteiger partial charge >= 0.3 is 0 Å². The van der Waals surface area contributed by atoms with Crippen LogP contribution in [0.15, 0.2) is 46.9 Å². The van der Waals surface area contributed by atoms with E-state index in [1.54, 1.807) is 18.2 Å². The van der Waals surface area contributed by atoms with Crippen LogP contribution in [-0.4, -0.2) is 13.7 Å². The Morgan fingerprint density at radius 2 is 2.00 bits per heavy atom. The highest BCUT2D eigenvalue weighted by molar-refractivity contribution is 9.10. The lowest BCUT2D eigenvalue weighted by molar-refractivity contribution is 0.381. The number of methoxy groups -OCH3 is 1. The molecule has 0 aromatic heterocycles. The molecule has 0 saturated carbocycles. The molecule has 0 radical (unpaired) electrons. The lowest BCUT2D eigenvalue weighted by atomic mass is 9.98. The second-order valence-electron chi connectivity index (χ2n) is 4.41. The van der Waals surface area contributed by atoms with Crippen LogP contribution >= 0.6 is 15.9 Å². The maximum atomic E-state index is 14.5. The molecule has 0 aliphatic rings. The maximum Gasteiger partial charge on any atom is 0.170 e. The van der Waals surface area contributed by atoms with E-state index in [0.717, 1.165) is 16.6 Å². The molecule has 0 spiro atoms. The molecule has 1 unspecified atom stereocenters. The zero-order valence-electron chi connectivity index (χ0n) is 11.5. The van der Waals surface area contributed by atoms with E-state index in [2.05, 4.69) is 21.2 Å². The minimum atomic E-state index is -0.319. The smallest absolute Gasteiger partial charge is 0.170 e. The first kappa shape index (κ1) is 15.0. The minimum Gasteiger partial charge on any atom is -0.494 e. The van der Waals surface area contributed by atoms with Gasteiger partial charge in [-0.2, -0.15) is 0 Å². The second-order valence-corrected chi connectivity index (χ2v) is 5.32. The molecular formula is C16H17BrFNO. The van der Waals surface area contributed by atoms with E-state index in [1.165, 1.54) is 7.11 Å². The Balaban J connectivity index is 2.48. The van der Waals surface area contributed by atoms with Gasteiger partial charge in [-0.15, -0.1) is 0 Å². The lowest BCUT2D eigenvalue weighted by Crippen LogP contribution is -2.23. The summed E-state index contributed by atoms with van der Waals surface area (Å²) in [6, 6.07) is 12.9. The maximum absolute atomic E-state index is 14.5. The van der Waals surface area contributed by atoms with Crippen molar-refractivity contribution in [2.24, 2.45) is 0 Å². The van der Waals surface area contributed by atoms with Crippen molar-refractivity contribution in [3.63, 3.8) is 0 Å². The monoisotopic (exact) mass is 337 g/mol. The van der Waals surface area contributed by atoms with E-state index in [1.807, 2.05) is 31.2 Å². The molecule has 0 fully saturated rings. The third kappa shape index (κ3) is 3.19. The van der Waals surface area contributed by atoms with Crippen LogP contribution in [-0.2, 0) is 0 Å². The van der Waals surface area contributed by atoms with Gasteiger partial charge in [0.25, 0.3) is 0 Å². The predicted octanol–water partition coefficient (Wildman–Crippen LogP) is 4.30. The Bertz CT molecular complexity index is 588. The van der Waals surface area contributed by atoms with Gasteiger partial charge in [0.2, 0.25) is 0 Å². The summed E-state index contributed by atoms with van der Waals surface area (Å²) in [5.74, 6) is -0.0543. The van der Waals surface area contributed by atoms with Gasteiger partial charge < -0.3 is 10.1 Å². The molecule has 1 N–H and O–H groups in total. The van der Waals surface area contributed by atoms with Crippen molar-refractivity contribution in [2.75, 3.05) is 13.7 Å². The van der Waals surface area contributed by atoms with Crippen LogP contribution in [0.25, 0.3) is 0 Å². The standard InChI is InChI=1S/C16H17BrFNO/c1-3-19-16(11-6-4-7-12(17)10-11)13-8-5-9-14(20-2)15(13)18/h4-10,16,19H,3H2,1-2H3. The first-order valence-corrected chi connectivity index (χ1v) is 7.28. The Morgan fingerprint density at radius 1 is 1.25 bits per heavy atom. The highest BCUT2D eigenvalue weighted by atomic mass is 79.9. The van der Waals surface area contributed by atoms with Gasteiger partial charge in [-0.1, -0.05) is 47.1 Å². The van der Waals surface area contributed by atoms with Gasteiger partial charge in [0.05, 0.1) is 13.2 Å². The zero-order chi connectivity index (χ0) is 14.5. The van der Waals surface area contributed by atoms with Crippen LogP contribution in [0.4, 0.5) is 4.39 Å². The first-order valence-electron chi connectivity index (χ1n) is 6.48. The highest BCUT2D eigenvalue weighted by Crippen LogP contribution is 2.30. The largest absolute Gasteiger partial charge is 0.494 e. The van der Waals surface area contributed by atoms with Crippen LogP contribution in [0.1, 0.15) is 24.1 Å². The molecule has 0 bridgehead atoms. The Kier molecular flexibility index (Phi) is 5.15. The average Bonchev–Trinajstić information content (AvgIpc) is 2.45. The van der Waals surface area contributed by atoms with E-state index in [0.29, 0.717) is 5.56 Å². The second kappa shape index (κ2) is 6.86. The molecular weight excluding hydrogens is 321 g/mol. The summed E-state index contributed by atoms with van der Waals surface area (Å²) in [4.78, 5) is 0.